The van der Waals surface area contributed by atoms with E-state index in [-0.39, 0.29) is 0 Å². The van der Waals surface area contributed by atoms with Gasteiger partial charge in [0.25, 0.3) is 0 Å². The molecule has 0 aliphatic carbocycles. The van der Waals surface area contributed by atoms with Crippen molar-refractivity contribution in [1.82, 2.24) is 9.78 Å². The minimum Gasteiger partial charge on any atom is -0.330 e. The van der Waals surface area contributed by atoms with Crippen molar-refractivity contribution in [2.75, 3.05) is 6.54 Å². The van der Waals surface area contributed by atoms with E-state index in [0.717, 1.165) is 18.7 Å². The summed E-state index contributed by atoms with van der Waals surface area (Å²) in [5.74, 6) is 0. The first-order valence-corrected chi connectivity index (χ1v) is 4.66. The van der Waals surface area contributed by atoms with Gasteiger partial charge in [-0.3, -0.25) is 4.68 Å². The average Bonchev–Trinajstić information content (AvgIpc) is 2.47. The van der Waals surface area contributed by atoms with Crippen molar-refractivity contribution in [3.05, 3.63) is 17.5 Å². The Labute approximate surface area is 72.6 Å². The number of fused-ring (bicyclic) bond motifs is 1. The summed E-state index contributed by atoms with van der Waals surface area (Å²) >= 11 is 0. The number of aryl methyl sites for hydroxylation is 2. The Bertz CT molecular complexity index is 241. The van der Waals surface area contributed by atoms with Gasteiger partial charge in [-0.2, -0.15) is 5.10 Å². The minimum atomic E-state index is 0.705. The average molecular weight is 165 g/mol. The van der Waals surface area contributed by atoms with E-state index in [9.17, 15) is 0 Å². The van der Waals surface area contributed by atoms with Crippen LogP contribution in [-0.4, -0.2) is 16.3 Å². The first-order chi connectivity index (χ1) is 5.90. The van der Waals surface area contributed by atoms with Crippen LogP contribution in [0.25, 0.3) is 0 Å². The highest BCUT2D eigenvalue weighted by Crippen LogP contribution is 2.14. The van der Waals surface area contributed by atoms with Crippen LogP contribution in [0.15, 0.2) is 6.07 Å². The van der Waals surface area contributed by atoms with Crippen molar-refractivity contribution in [2.45, 2.75) is 32.2 Å². The number of hydrogen-bond acceptors (Lipinski definition) is 2. The molecular weight excluding hydrogens is 150 g/mol. The highest BCUT2D eigenvalue weighted by Gasteiger charge is 2.10. The fraction of sp³-hybridized carbons (Fsp3) is 0.667. The third-order valence-corrected chi connectivity index (χ3v) is 2.37. The van der Waals surface area contributed by atoms with Crippen LogP contribution in [0.5, 0.6) is 0 Å². The topological polar surface area (TPSA) is 43.8 Å². The van der Waals surface area contributed by atoms with Crippen molar-refractivity contribution in [3.63, 3.8) is 0 Å². The predicted molar refractivity (Wildman–Crippen MR) is 47.9 cm³/mol. The molecule has 0 saturated heterocycles. The molecule has 2 heterocycles. The van der Waals surface area contributed by atoms with Gasteiger partial charge in [-0.15, -0.1) is 0 Å². The van der Waals surface area contributed by atoms with E-state index in [2.05, 4.69) is 15.8 Å². The molecular formula is C9H15N3. The Morgan fingerprint density at radius 1 is 1.50 bits per heavy atom. The molecule has 0 amide bonds. The maximum absolute atomic E-state index is 5.47. The zero-order valence-electron chi connectivity index (χ0n) is 7.29. The van der Waals surface area contributed by atoms with E-state index in [1.807, 2.05) is 0 Å². The largest absolute Gasteiger partial charge is 0.330 e. The quantitative estimate of drug-likeness (QED) is 0.701. The molecule has 1 aliphatic heterocycles. The molecule has 0 unspecified atom stereocenters. The van der Waals surface area contributed by atoms with Crippen molar-refractivity contribution in [3.8, 4) is 0 Å². The van der Waals surface area contributed by atoms with E-state index < -0.39 is 0 Å². The van der Waals surface area contributed by atoms with E-state index in [1.165, 1.54) is 25.0 Å². The van der Waals surface area contributed by atoms with Crippen LogP contribution in [0, 0.1) is 0 Å². The molecule has 0 fully saturated rings. The lowest BCUT2D eigenvalue weighted by molar-refractivity contribution is 0.483. The molecule has 1 aliphatic rings. The summed E-state index contributed by atoms with van der Waals surface area (Å²) in [6, 6.07) is 2.20. The second kappa shape index (κ2) is 3.27. The number of nitrogens with two attached hydrogens (primary N) is 1. The van der Waals surface area contributed by atoms with E-state index in [0.29, 0.717) is 6.54 Å². The number of hydrogen-bond donors (Lipinski definition) is 1. The van der Waals surface area contributed by atoms with Gasteiger partial charge in [0.05, 0.1) is 5.69 Å². The Balaban J connectivity index is 2.20. The Hall–Kier alpha value is -0.830. The first kappa shape index (κ1) is 7.80. The van der Waals surface area contributed by atoms with Gasteiger partial charge in [0.2, 0.25) is 0 Å². The molecule has 3 nitrogen and oxygen atoms in total. The molecule has 2 rings (SSSR count). The summed E-state index contributed by atoms with van der Waals surface area (Å²) in [5.41, 5.74) is 8.02. The van der Waals surface area contributed by atoms with Crippen LogP contribution in [-0.2, 0) is 19.4 Å². The van der Waals surface area contributed by atoms with Crippen LogP contribution >= 0.6 is 0 Å². The third kappa shape index (κ3) is 1.37. The summed E-state index contributed by atoms with van der Waals surface area (Å²) < 4.78 is 2.13. The summed E-state index contributed by atoms with van der Waals surface area (Å²) in [4.78, 5) is 0. The zero-order valence-corrected chi connectivity index (χ0v) is 7.29. The Kier molecular flexibility index (Phi) is 2.13. The van der Waals surface area contributed by atoms with Gasteiger partial charge in [-0.1, -0.05) is 0 Å². The highest BCUT2D eigenvalue weighted by molar-refractivity contribution is 5.12. The lowest BCUT2D eigenvalue weighted by Crippen LogP contribution is -2.11. The van der Waals surface area contributed by atoms with Gasteiger partial charge in [0, 0.05) is 18.7 Å². The Morgan fingerprint density at radius 2 is 2.42 bits per heavy atom. The first-order valence-electron chi connectivity index (χ1n) is 4.66. The fourth-order valence-electron chi connectivity index (χ4n) is 1.75. The molecule has 66 valence electrons. The van der Waals surface area contributed by atoms with Crippen LogP contribution in [0.1, 0.15) is 24.2 Å². The van der Waals surface area contributed by atoms with Crippen molar-refractivity contribution in [1.29, 1.82) is 0 Å². The van der Waals surface area contributed by atoms with E-state index >= 15 is 0 Å². The van der Waals surface area contributed by atoms with Crippen molar-refractivity contribution in [2.24, 2.45) is 5.73 Å². The zero-order chi connectivity index (χ0) is 8.39. The van der Waals surface area contributed by atoms with Gasteiger partial charge < -0.3 is 5.73 Å². The third-order valence-electron chi connectivity index (χ3n) is 2.37. The standard InChI is InChI=1S/C9H15N3/c10-5-4-8-7-9-3-1-2-6-12(9)11-8/h7H,1-6,10H2. The number of rotatable bonds is 2. The second-order valence-electron chi connectivity index (χ2n) is 3.35. The van der Waals surface area contributed by atoms with Crippen LogP contribution in [0.3, 0.4) is 0 Å². The van der Waals surface area contributed by atoms with Crippen molar-refractivity contribution >= 4 is 0 Å². The Morgan fingerprint density at radius 3 is 3.17 bits per heavy atom. The smallest absolute Gasteiger partial charge is 0.0640 e. The molecule has 1 aromatic rings. The van der Waals surface area contributed by atoms with E-state index in [4.69, 9.17) is 5.73 Å². The molecule has 0 atom stereocenters. The van der Waals surface area contributed by atoms with Gasteiger partial charge in [-0.05, 0) is 31.9 Å². The fourth-order valence-corrected chi connectivity index (χ4v) is 1.75. The maximum atomic E-state index is 5.47. The highest BCUT2D eigenvalue weighted by atomic mass is 15.3. The van der Waals surface area contributed by atoms with Crippen LogP contribution in [0.4, 0.5) is 0 Å². The van der Waals surface area contributed by atoms with Crippen LogP contribution < -0.4 is 5.73 Å². The molecule has 2 N–H and O–H groups in total. The summed E-state index contributed by atoms with van der Waals surface area (Å²) in [5, 5.41) is 4.48. The van der Waals surface area contributed by atoms with Gasteiger partial charge in [-0.25, -0.2) is 0 Å². The summed E-state index contributed by atoms with van der Waals surface area (Å²) in [6.45, 7) is 1.80. The predicted octanol–water partition coefficient (Wildman–Crippen LogP) is 0.721. The molecule has 0 bridgehead atoms. The lowest BCUT2D eigenvalue weighted by Gasteiger charge is -2.11. The monoisotopic (exact) mass is 165 g/mol. The molecule has 0 radical (unpaired) electrons. The molecule has 0 saturated carbocycles. The SMILES string of the molecule is NCCc1cc2n(n1)CCCC2. The molecule has 3 heteroatoms. The second-order valence-corrected chi connectivity index (χ2v) is 3.35. The molecule has 1 aromatic heterocycles. The van der Waals surface area contributed by atoms with E-state index in [1.54, 1.807) is 0 Å². The van der Waals surface area contributed by atoms with Crippen molar-refractivity contribution < 1.29 is 0 Å². The van der Waals surface area contributed by atoms with Gasteiger partial charge in [0.1, 0.15) is 0 Å². The summed E-state index contributed by atoms with van der Waals surface area (Å²) in [6.07, 6.45) is 4.70. The number of aromatic nitrogens is 2. The maximum Gasteiger partial charge on any atom is 0.0640 e. The normalized spacial score (nSPS) is 16.1. The molecule has 12 heavy (non-hydrogen) atoms. The van der Waals surface area contributed by atoms with Gasteiger partial charge in [0.15, 0.2) is 0 Å². The van der Waals surface area contributed by atoms with Gasteiger partial charge >= 0.3 is 0 Å². The van der Waals surface area contributed by atoms with Crippen LogP contribution in [0.2, 0.25) is 0 Å². The summed E-state index contributed by atoms with van der Waals surface area (Å²) in [7, 11) is 0. The molecule has 0 aromatic carbocycles. The lowest BCUT2D eigenvalue weighted by atomic mass is 10.1. The number of nitrogens with zero attached hydrogens (tertiary/aromatic N) is 2. The minimum absolute atomic E-state index is 0.705. The molecule has 0 spiro atoms.